The van der Waals surface area contributed by atoms with E-state index in [0.717, 1.165) is 51.4 Å². The van der Waals surface area contributed by atoms with Crippen LogP contribution in [0.3, 0.4) is 0 Å². The van der Waals surface area contributed by atoms with E-state index < -0.39 is 0 Å². The largest absolute Gasteiger partial charge is 0.482 e. The smallest absolute Gasteiger partial charge is 0.258 e. The second kappa shape index (κ2) is 14.7. The molecule has 0 bridgehead atoms. The summed E-state index contributed by atoms with van der Waals surface area (Å²) in [6.07, 6.45) is 9.65. The zero-order chi connectivity index (χ0) is 27.8. The van der Waals surface area contributed by atoms with E-state index in [0.29, 0.717) is 43.4 Å². The Hall–Kier alpha value is -1.86. The fraction of sp³-hybridized carbons (Fsp3) is 0.517. The van der Waals surface area contributed by atoms with Crippen LogP contribution in [0.15, 0.2) is 36.4 Å². The molecule has 6 nitrogen and oxygen atoms in total. The van der Waals surface area contributed by atoms with Crippen molar-refractivity contribution in [2.24, 2.45) is 11.8 Å². The van der Waals surface area contributed by atoms with Gasteiger partial charge < -0.3 is 20.1 Å². The van der Waals surface area contributed by atoms with Gasteiger partial charge in [-0.3, -0.25) is 9.59 Å². The number of carbonyl (C=O) groups is 2. The van der Waals surface area contributed by atoms with Gasteiger partial charge in [0, 0.05) is 22.1 Å². The van der Waals surface area contributed by atoms with Crippen LogP contribution in [0.5, 0.6) is 11.5 Å². The van der Waals surface area contributed by atoms with Crippen LogP contribution in [-0.4, -0.2) is 37.1 Å². The Morgan fingerprint density at radius 3 is 1.38 bits per heavy atom. The Balaban J connectivity index is 1.08. The van der Waals surface area contributed by atoms with Gasteiger partial charge in [-0.15, -0.1) is 0 Å². The maximum Gasteiger partial charge on any atom is 0.258 e. The second-order valence-corrected chi connectivity index (χ2v) is 12.2. The average Bonchev–Trinajstić information content (AvgIpc) is 2.90. The number of nitrogens with one attached hydrogen (secondary N) is 2. The standard InChI is InChI=1S/C29H34Cl4N2O4/c30-20-5-11-26(24(32)14-20)38-16-28(36)34-22-7-1-18(2-8-22)13-19-3-9-23(10-4-19)35-29(37)17-39-27-12-6-21(31)15-25(27)33/h5-6,11-12,14-15,18-19,22-23H,1-4,7-10,13,16-17H2,(H,34,36)(H,35,37). The van der Waals surface area contributed by atoms with Crippen LogP contribution in [0.2, 0.25) is 20.1 Å². The van der Waals surface area contributed by atoms with Gasteiger partial charge in [-0.25, -0.2) is 0 Å². The fourth-order valence-electron chi connectivity index (χ4n) is 5.57. The molecule has 0 aliphatic heterocycles. The van der Waals surface area contributed by atoms with E-state index in [1.165, 1.54) is 6.42 Å². The van der Waals surface area contributed by atoms with Crippen molar-refractivity contribution in [1.82, 2.24) is 10.6 Å². The van der Waals surface area contributed by atoms with Gasteiger partial charge in [-0.05, 0) is 106 Å². The SMILES string of the molecule is O=C(COc1ccc(Cl)cc1Cl)NC1CCC(CC2CCC(NC(=O)COc3ccc(Cl)cc3Cl)CC2)CC1. The average molecular weight is 616 g/mol. The number of rotatable bonds is 10. The maximum absolute atomic E-state index is 12.4. The molecule has 0 unspecified atom stereocenters. The number of amides is 2. The third-order valence-corrected chi connectivity index (χ3v) is 8.66. The normalized spacial score (nSPS) is 23.1. The number of ether oxygens (including phenoxy) is 2. The molecule has 2 fully saturated rings. The van der Waals surface area contributed by atoms with Crippen molar-refractivity contribution in [2.45, 2.75) is 69.9 Å². The van der Waals surface area contributed by atoms with Gasteiger partial charge in [0.25, 0.3) is 11.8 Å². The molecule has 0 saturated heterocycles. The predicted molar refractivity (Wildman–Crippen MR) is 156 cm³/mol. The Bertz CT molecular complexity index is 1040. The molecule has 2 N–H and O–H groups in total. The number of halogens is 4. The Morgan fingerprint density at radius 1 is 0.641 bits per heavy atom. The van der Waals surface area contributed by atoms with E-state index in [1.54, 1.807) is 36.4 Å². The predicted octanol–water partition coefficient (Wildman–Crippen LogP) is 7.50. The van der Waals surface area contributed by atoms with Crippen LogP contribution in [0.25, 0.3) is 0 Å². The van der Waals surface area contributed by atoms with Crippen LogP contribution in [0.1, 0.15) is 57.8 Å². The minimum absolute atomic E-state index is 0.0674. The lowest BCUT2D eigenvalue weighted by Gasteiger charge is -2.34. The van der Waals surface area contributed by atoms with Crippen LogP contribution in [0.4, 0.5) is 0 Å². The second-order valence-electron chi connectivity index (χ2n) is 10.5. The monoisotopic (exact) mass is 614 g/mol. The maximum atomic E-state index is 12.4. The van der Waals surface area contributed by atoms with Crippen LogP contribution < -0.4 is 20.1 Å². The molecule has 2 aliphatic carbocycles. The molecule has 2 aromatic carbocycles. The van der Waals surface area contributed by atoms with E-state index >= 15 is 0 Å². The molecule has 2 aromatic rings. The molecule has 10 heteroatoms. The molecular formula is C29H34Cl4N2O4. The number of benzene rings is 2. The van der Waals surface area contributed by atoms with Crippen molar-refractivity contribution >= 4 is 58.2 Å². The fourth-order valence-corrected chi connectivity index (χ4v) is 6.49. The highest BCUT2D eigenvalue weighted by atomic mass is 35.5. The van der Waals surface area contributed by atoms with E-state index in [9.17, 15) is 9.59 Å². The van der Waals surface area contributed by atoms with Gasteiger partial charge in [0.15, 0.2) is 13.2 Å². The summed E-state index contributed by atoms with van der Waals surface area (Å²) in [4.78, 5) is 24.7. The molecule has 2 aliphatic rings. The first-order valence-corrected chi connectivity index (χ1v) is 15.0. The molecule has 39 heavy (non-hydrogen) atoms. The summed E-state index contributed by atoms with van der Waals surface area (Å²) in [7, 11) is 0. The van der Waals surface area contributed by atoms with E-state index in [-0.39, 0.29) is 37.1 Å². The van der Waals surface area contributed by atoms with Crippen LogP contribution in [0, 0.1) is 11.8 Å². The number of hydrogen-bond donors (Lipinski definition) is 2. The van der Waals surface area contributed by atoms with Crippen LogP contribution in [-0.2, 0) is 9.59 Å². The molecule has 0 heterocycles. The van der Waals surface area contributed by atoms with Crippen molar-refractivity contribution in [3.05, 3.63) is 56.5 Å². The van der Waals surface area contributed by atoms with Crippen molar-refractivity contribution < 1.29 is 19.1 Å². The van der Waals surface area contributed by atoms with E-state index in [4.69, 9.17) is 55.9 Å². The molecule has 2 saturated carbocycles. The lowest BCUT2D eigenvalue weighted by atomic mass is 9.75. The molecule has 0 spiro atoms. The van der Waals surface area contributed by atoms with Crippen molar-refractivity contribution in [3.63, 3.8) is 0 Å². The third-order valence-electron chi connectivity index (χ3n) is 7.60. The first-order chi connectivity index (χ1) is 18.7. The minimum atomic E-state index is -0.133. The summed E-state index contributed by atoms with van der Waals surface area (Å²) >= 11 is 24.0. The summed E-state index contributed by atoms with van der Waals surface area (Å²) < 4.78 is 11.1. The molecular weight excluding hydrogens is 582 g/mol. The molecule has 0 aromatic heterocycles. The summed E-state index contributed by atoms with van der Waals surface area (Å²) in [6, 6.07) is 10.3. The molecule has 2 amide bonds. The van der Waals surface area contributed by atoms with Gasteiger partial charge in [0.1, 0.15) is 11.5 Å². The molecule has 0 atom stereocenters. The highest BCUT2D eigenvalue weighted by Gasteiger charge is 2.28. The zero-order valence-corrected chi connectivity index (χ0v) is 24.7. The Labute approximate surface area is 250 Å². The highest BCUT2D eigenvalue weighted by molar-refractivity contribution is 6.36. The molecule has 0 radical (unpaired) electrons. The van der Waals surface area contributed by atoms with Gasteiger partial charge in [0.2, 0.25) is 0 Å². The highest BCUT2D eigenvalue weighted by Crippen LogP contribution is 2.35. The van der Waals surface area contributed by atoms with E-state index in [1.807, 2.05) is 0 Å². The third kappa shape index (κ3) is 9.63. The summed E-state index contributed by atoms with van der Waals surface area (Å²) in [5.74, 6) is 2.01. The topological polar surface area (TPSA) is 76.7 Å². The number of hydrogen-bond acceptors (Lipinski definition) is 4. The lowest BCUT2D eigenvalue weighted by Crippen LogP contribution is -2.41. The first kappa shape index (κ1) is 30.1. The van der Waals surface area contributed by atoms with Gasteiger partial charge >= 0.3 is 0 Å². The summed E-state index contributed by atoms with van der Waals surface area (Å²) in [5.41, 5.74) is 0. The Kier molecular flexibility index (Phi) is 11.3. The van der Waals surface area contributed by atoms with Gasteiger partial charge in [-0.1, -0.05) is 46.4 Å². The van der Waals surface area contributed by atoms with Crippen molar-refractivity contribution in [1.29, 1.82) is 0 Å². The zero-order valence-electron chi connectivity index (χ0n) is 21.7. The van der Waals surface area contributed by atoms with Gasteiger partial charge in [-0.2, -0.15) is 0 Å². The van der Waals surface area contributed by atoms with Crippen LogP contribution >= 0.6 is 46.4 Å². The number of carbonyl (C=O) groups excluding carboxylic acids is 2. The minimum Gasteiger partial charge on any atom is -0.482 e. The first-order valence-electron chi connectivity index (χ1n) is 13.5. The van der Waals surface area contributed by atoms with Crippen molar-refractivity contribution in [2.75, 3.05) is 13.2 Å². The summed E-state index contributed by atoms with van der Waals surface area (Å²) in [5, 5.41) is 8.02. The van der Waals surface area contributed by atoms with Gasteiger partial charge in [0.05, 0.1) is 10.0 Å². The quantitative estimate of drug-likeness (QED) is 0.290. The molecule has 4 rings (SSSR count). The molecule has 212 valence electrons. The van der Waals surface area contributed by atoms with E-state index in [2.05, 4.69) is 10.6 Å². The lowest BCUT2D eigenvalue weighted by molar-refractivity contribution is -0.124. The summed E-state index contributed by atoms with van der Waals surface area (Å²) in [6.45, 7) is -0.135. The van der Waals surface area contributed by atoms with Crippen molar-refractivity contribution in [3.8, 4) is 11.5 Å². The Morgan fingerprint density at radius 2 is 1.03 bits per heavy atom.